The molecule has 0 fully saturated rings. The van der Waals surface area contributed by atoms with Crippen molar-refractivity contribution in [2.45, 2.75) is 12.3 Å². The predicted octanol–water partition coefficient (Wildman–Crippen LogP) is 2.97. The van der Waals surface area contributed by atoms with E-state index in [9.17, 15) is 4.79 Å². The van der Waals surface area contributed by atoms with E-state index in [2.05, 4.69) is 0 Å². The summed E-state index contributed by atoms with van der Waals surface area (Å²) in [4.78, 5) is 11.4. The zero-order valence-corrected chi connectivity index (χ0v) is 9.63. The van der Waals surface area contributed by atoms with Gasteiger partial charge in [0.15, 0.2) is 0 Å². The zero-order valence-electron chi connectivity index (χ0n) is 9.63. The number of methoxy groups -OCH3 is 1. The van der Waals surface area contributed by atoms with Crippen molar-refractivity contribution in [2.24, 2.45) is 0 Å². The second kappa shape index (κ2) is 5.34. The largest absolute Gasteiger partial charge is 0.472 e. The summed E-state index contributed by atoms with van der Waals surface area (Å²) in [6, 6.07) is 11.7. The Balaban J connectivity index is 2.28. The summed E-state index contributed by atoms with van der Waals surface area (Å²) < 4.78 is 9.81. The summed E-state index contributed by atoms with van der Waals surface area (Å²) in [5, 5.41) is 0. The highest BCUT2D eigenvalue weighted by molar-refractivity contribution is 5.71. The van der Waals surface area contributed by atoms with Gasteiger partial charge in [-0.2, -0.15) is 0 Å². The van der Waals surface area contributed by atoms with Crippen LogP contribution in [0.3, 0.4) is 0 Å². The molecule has 1 aromatic heterocycles. The molecule has 2 rings (SSSR count). The summed E-state index contributed by atoms with van der Waals surface area (Å²) in [6.45, 7) is 0. The summed E-state index contributed by atoms with van der Waals surface area (Å²) in [5.74, 6) is -0.234. The van der Waals surface area contributed by atoms with Crippen LogP contribution in [0.4, 0.5) is 0 Å². The maximum Gasteiger partial charge on any atom is 0.306 e. The van der Waals surface area contributed by atoms with Gasteiger partial charge in [0.1, 0.15) is 0 Å². The van der Waals surface area contributed by atoms with Gasteiger partial charge in [0, 0.05) is 5.92 Å². The minimum absolute atomic E-state index is 0.0117. The van der Waals surface area contributed by atoms with Crippen LogP contribution >= 0.6 is 0 Å². The van der Waals surface area contributed by atoms with Crippen molar-refractivity contribution in [1.82, 2.24) is 0 Å². The van der Waals surface area contributed by atoms with Crippen LogP contribution in [0.25, 0.3) is 0 Å². The molecule has 0 saturated heterocycles. The molecule has 2 aromatic rings. The van der Waals surface area contributed by atoms with E-state index in [-0.39, 0.29) is 11.9 Å². The number of furan rings is 1. The van der Waals surface area contributed by atoms with Crippen LogP contribution in [0.2, 0.25) is 0 Å². The van der Waals surface area contributed by atoms with Gasteiger partial charge in [0.25, 0.3) is 0 Å². The van der Waals surface area contributed by atoms with Crippen LogP contribution in [0.15, 0.2) is 53.3 Å². The SMILES string of the molecule is COC(=O)CC(c1ccccc1)c1ccoc1. The Morgan fingerprint density at radius 1 is 1.24 bits per heavy atom. The van der Waals surface area contributed by atoms with E-state index in [0.717, 1.165) is 11.1 Å². The van der Waals surface area contributed by atoms with Gasteiger partial charge in [-0.1, -0.05) is 30.3 Å². The number of carbonyl (C=O) groups is 1. The molecule has 0 bridgehead atoms. The van der Waals surface area contributed by atoms with Gasteiger partial charge in [-0.15, -0.1) is 0 Å². The van der Waals surface area contributed by atoms with Crippen molar-refractivity contribution in [2.75, 3.05) is 7.11 Å². The Morgan fingerprint density at radius 3 is 2.59 bits per heavy atom. The first-order valence-electron chi connectivity index (χ1n) is 5.45. The molecule has 0 amide bonds. The molecule has 0 aliphatic rings. The number of hydrogen-bond donors (Lipinski definition) is 0. The van der Waals surface area contributed by atoms with Crippen molar-refractivity contribution in [3.63, 3.8) is 0 Å². The van der Waals surface area contributed by atoms with E-state index < -0.39 is 0 Å². The maximum absolute atomic E-state index is 11.4. The Bertz CT molecular complexity index is 459. The lowest BCUT2D eigenvalue weighted by molar-refractivity contribution is -0.140. The van der Waals surface area contributed by atoms with Crippen LogP contribution in [0, 0.1) is 0 Å². The first kappa shape index (κ1) is 11.5. The maximum atomic E-state index is 11.4. The highest BCUT2D eigenvalue weighted by atomic mass is 16.5. The average molecular weight is 230 g/mol. The quantitative estimate of drug-likeness (QED) is 0.758. The topological polar surface area (TPSA) is 39.4 Å². The van der Waals surface area contributed by atoms with E-state index >= 15 is 0 Å². The fraction of sp³-hybridized carbons (Fsp3) is 0.214. The van der Waals surface area contributed by atoms with Crippen LogP contribution in [-0.4, -0.2) is 13.1 Å². The molecule has 0 radical (unpaired) electrons. The van der Waals surface area contributed by atoms with E-state index in [1.54, 1.807) is 12.5 Å². The van der Waals surface area contributed by atoms with Crippen molar-refractivity contribution in [1.29, 1.82) is 0 Å². The second-order valence-corrected chi connectivity index (χ2v) is 3.80. The van der Waals surface area contributed by atoms with Crippen LogP contribution < -0.4 is 0 Å². The molecule has 0 spiro atoms. The van der Waals surface area contributed by atoms with Gasteiger partial charge >= 0.3 is 5.97 Å². The normalized spacial score (nSPS) is 12.1. The molecular weight excluding hydrogens is 216 g/mol. The Labute approximate surface area is 100 Å². The summed E-state index contributed by atoms with van der Waals surface area (Å²) in [5.41, 5.74) is 2.07. The van der Waals surface area contributed by atoms with Crippen LogP contribution in [-0.2, 0) is 9.53 Å². The lowest BCUT2D eigenvalue weighted by Crippen LogP contribution is -2.09. The molecule has 0 aliphatic heterocycles. The van der Waals surface area contributed by atoms with Gasteiger partial charge < -0.3 is 9.15 Å². The third kappa shape index (κ3) is 2.75. The monoisotopic (exact) mass is 230 g/mol. The molecule has 1 aromatic carbocycles. The number of hydrogen-bond acceptors (Lipinski definition) is 3. The standard InChI is InChI=1S/C14H14O3/c1-16-14(15)9-13(12-7-8-17-10-12)11-5-3-2-4-6-11/h2-8,10,13H,9H2,1H3. The first-order chi connectivity index (χ1) is 8.31. The lowest BCUT2D eigenvalue weighted by atomic mass is 9.90. The minimum Gasteiger partial charge on any atom is -0.472 e. The fourth-order valence-electron chi connectivity index (χ4n) is 1.84. The summed E-state index contributed by atoms with van der Waals surface area (Å²) in [7, 11) is 1.40. The smallest absolute Gasteiger partial charge is 0.306 e. The lowest BCUT2D eigenvalue weighted by Gasteiger charge is -2.14. The molecule has 1 atom stereocenters. The molecule has 0 saturated carbocycles. The van der Waals surface area contributed by atoms with Crippen molar-refractivity contribution in [3.8, 4) is 0 Å². The van der Waals surface area contributed by atoms with Crippen molar-refractivity contribution >= 4 is 5.97 Å². The molecule has 3 heteroatoms. The Kier molecular flexibility index (Phi) is 3.60. The number of rotatable bonds is 4. The molecule has 88 valence electrons. The molecule has 0 aliphatic carbocycles. The van der Waals surface area contributed by atoms with E-state index in [4.69, 9.17) is 9.15 Å². The van der Waals surface area contributed by atoms with Gasteiger partial charge in [0.05, 0.1) is 26.1 Å². The van der Waals surface area contributed by atoms with Gasteiger partial charge in [-0.25, -0.2) is 0 Å². The number of benzene rings is 1. The fourth-order valence-corrected chi connectivity index (χ4v) is 1.84. The average Bonchev–Trinajstić information content (AvgIpc) is 2.90. The van der Waals surface area contributed by atoms with Crippen molar-refractivity contribution in [3.05, 3.63) is 60.1 Å². The van der Waals surface area contributed by atoms with E-state index in [1.165, 1.54) is 7.11 Å². The molecular formula is C14H14O3. The third-order valence-electron chi connectivity index (χ3n) is 2.75. The third-order valence-corrected chi connectivity index (χ3v) is 2.75. The minimum atomic E-state index is -0.222. The van der Waals surface area contributed by atoms with Gasteiger partial charge in [-0.3, -0.25) is 4.79 Å². The summed E-state index contributed by atoms with van der Waals surface area (Å²) >= 11 is 0. The second-order valence-electron chi connectivity index (χ2n) is 3.80. The summed E-state index contributed by atoms with van der Waals surface area (Å²) in [6.07, 6.45) is 3.60. The van der Waals surface area contributed by atoms with Crippen molar-refractivity contribution < 1.29 is 13.9 Å². The Morgan fingerprint density at radius 2 is 2.00 bits per heavy atom. The zero-order chi connectivity index (χ0) is 12.1. The predicted molar refractivity (Wildman–Crippen MR) is 63.6 cm³/mol. The van der Waals surface area contributed by atoms with Gasteiger partial charge in [0.2, 0.25) is 0 Å². The number of esters is 1. The highest BCUT2D eigenvalue weighted by Crippen LogP contribution is 2.28. The first-order valence-corrected chi connectivity index (χ1v) is 5.45. The molecule has 1 unspecified atom stereocenters. The van der Waals surface area contributed by atoms with Crippen LogP contribution in [0.5, 0.6) is 0 Å². The molecule has 17 heavy (non-hydrogen) atoms. The molecule has 3 nitrogen and oxygen atoms in total. The van der Waals surface area contributed by atoms with Crippen LogP contribution in [0.1, 0.15) is 23.5 Å². The number of carbonyl (C=O) groups excluding carboxylic acids is 1. The highest BCUT2D eigenvalue weighted by Gasteiger charge is 2.19. The van der Waals surface area contributed by atoms with E-state index in [1.807, 2.05) is 36.4 Å². The molecule has 0 N–H and O–H groups in total. The van der Waals surface area contributed by atoms with Gasteiger partial charge in [-0.05, 0) is 17.2 Å². The molecule has 1 heterocycles. The number of ether oxygens (including phenoxy) is 1. The van der Waals surface area contributed by atoms with E-state index in [0.29, 0.717) is 6.42 Å². The Hall–Kier alpha value is -2.03.